The number of benzene rings is 1. The topological polar surface area (TPSA) is 67.3 Å². The van der Waals surface area contributed by atoms with Gasteiger partial charge in [0.2, 0.25) is 5.91 Å². The Hall–Kier alpha value is -2.47. The van der Waals surface area contributed by atoms with Crippen LogP contribution in [-0.2, 0) is 24.2 Å². The fourth-order valence-corrected chi connectivity index (χ4v) is 3.99. The van der Waals surface area contributed by atoms with E-state index in [1.807, 2.05) is 35.4 Å². The van der Waals surface area contributed by atoms with Gasteiger partial charge in [-0.05, 0) is 18.9 Å². The molecule has 1 aromatic heterocycles. The van der Waals surface area contributed by atoms with Crippen LogP contribution in [0.5, 0.6) is 5.75 Å². The second-order valence-corrected chi connectivity index (χ2v) is 7.29. The van der Waals surface area contributed by atoms with E-state index in [1.165, 1.54) is 5.56 Å². The Kier molecular flexibility index (Phi) is 5.34. The molecule has 0 unspecified atom stereocenters. The summed E-state index contributed by atoms with van der Waals surface area (Å²) in [6.07, 6.45) is 5.31. The Morgan fingerprint density at radius 1 is 1.37 bits per heavy atom. The van der Waals surface area contributed by atoms with Crippen LogP contribution in [-0.4, -0.2) is 47.5 Å². The zero-order valence-corrected chi connectivity index (χ0v) is 15.8. The van der Waals surface area contributed by atoms with E-state index in [1.54, 1.807) is 7.11 Å². The molecule has 2 aliphatic heterocycles. The van der Waals surface area contributed by atoms with Crippen molar-refractivity contribution in [3.8, 4) is 5.75 Å². The molecule has 142 valence electrons. The molecule has 1 N–H and O–H groups in total. The van der Waals surface area contributed by atoms with Crippen molar-refractivity contribution in [2.24, 2.45) is 0 Å². The molecular formula is C21H26N4O2. The molecule has 27 heavy (non-hydrogen) atoms. The zero-order chi connectivity index (χ0) is 18.6. The number of likely N-dealkylation sites (tertiary alicyclic amines) is 1. The Morgan fingerprint density at radius 2 is 2.26 bits per heavy atom. The van der Waals surface area contributed by atoms with E-state index in [9.17, 15) is 4.79 Å². The number of ether oxygens (including phenoxy) is 1. The first-order valence-electron chi connectivity index (χ1n) is 9.69. The number of hydrogen-bond acceptors (Lipinski definition) is 5. The molecule has 0 spiro atoms. The first-order chi connectivity index (χ1) is 13.2. The molecule has 0 radical (unpaired) electrons. The lowest BCUT2D eigenvalue weighted by atomic mass is 9.96. The summed E-state index contributed by atoms with van der Waals surface area (Å²) in [6, 6.07) is 7.73. The second-order valence-electron chi connectivity index (χ2n) is 7.29. The first-order valence-corrected chi connectivity index (χ1v) is 9.69. The maximum absolute atomic E-state index is 12.9. The number of nitrogens with one attached hydrogen (secondary N) is 1. The zero-order valence-electron chi connectivity index (χ0n) is 15.8. The number of piperidine rings is 1. The van der Waals surface area contributed by atoms with Gasteiger partial charge < -0.3 is 15.0 Å². The molecule has 1 fully saturated rings. The second kappa shape index (κ2) is 8.05. The van der Waals surface area contributed by atoms with E-state index in [2.05, 4.69) is 10.3 Å². The first kappa shape index (κ1) is 17.9. The summed E-state index contributed by atoms with van der Waals surface area (Å²) in [5, 5.41) is 3.35. The average Bonchev–Trinajstić information content (AvgIpc) is 2.74. The highest BCUT2D eigenvalue weighted by atomic mass is 16.5. The highest BCUT2D eigenvalue weighted by Gasteiger charge is 2.27. The van der Waals surface area contributed by atoms with Gasteiger partial charge in [-0.1, -0.05) is 18.2 Å². The van der Waals surface area contributed by atoms with Crippen LogP contribution in [0.3, 0.4) is 0 Å². The molecule has 1 atom stereocenters. The molecule has 2 aliphatic rings. The van der Waals surface area contributed by atoms with Crippen LogP contribution in [0.1, 0.15) is 41.4 Å². The SMILES string of the molecule is COc1ccccc1CC(=O)N1CCC[C@@H](c2ncc3c(n2)CCNC3)C1. The van der Waals surface area contributed by atoms with Crippen LogP contribution in [0, 0.1) is 0 Å². The van der Waals surface area contributed by atoms with Gasteiger partial charge in [-0.15, -0.1) is 0 Å². The van der Waals surface area contributed by atoms with Crippen molar-refractivity contribution in [2.75, 3.05) is 26.7 Å². The number of para-hydroxylation sites is 1. The summed E-state index contributed by atoms with van der Waals surface area (Å²) in [6.45, 7) is 3.33. The van der Waals surface area contributed by atoms with Crippen LogP contribution in [0.4, 0.5) is 0 Å². The highest BCUT2D eigenvalue weighted by molar-refractivity contribution is 5.79. The number of amides is 1. The molecule has 0 aliphatic carbocycles. The van der Waals surface area contributed by atoms with Gasteiger partial charge in [0.1, 0.15) is 11.6 Å². The van der Waals surface area contributed by atoms with Crippen LogP contribution < -0.4 is 10.1 Å². The summed E-state index contributed by atoms with van der Waals surface area (Å²) < 4.78 is 5.38. The number of methoxy groups -OCH3 is 1. The predicted octanol–water partition coefficient (Wildman–Crippen LogP) is 2.08. The summed E-state index contributed by atoms with van der Waals surface area (Å²) in [7, 11) is 1.64. The third-order valence-electron chi connectivity index (χ3n) is 5.50. The van der Waals surface area contributed by atoms with Gasteiger partial charge in [-0.2, -0.15) is 0 Å². The molecule has 4 rings (SSSR count). The van der Waals surface area contributed by atoms with E-state index in [0.29, 0.717) is 13.0 Å². The quantitative estimate of drug-likeness (QED) is 0.897. The van der Waals surface area contributed by atoms with E-state index >= 15 is 0 Å². The van der Waals surface area contributed by atoms with Crippen LogP contribution in [0.2, 0.25) is 0 Å². The average molecular weight is 366 g/mol. The van der Waals surface area contributed by atoms with Crippen LogP contribution in [0.15, 0.2) is 30.5 Å². The van der Waals surface area contributed by atoms with Crippen molar-refractivity contribution in [1.82, 2.24) is 20.2 Å². The minimum absolute atomic E-state index is 0.145. The Labute approximate surface area is 160 Å². The van der Waals surface area contributed by atoms with Crippen molar-refractivity contribution in [3.05, 3.63) is 53.1 Å². The third kappa shape index (κ3) is 3.95. The number of nitrogens with zero attached hydrogens (tertiary/aromatic N) is 3. The van der Waals surface area contributed by atoms with Crippen molar-refractivity contribution < 1.29 is 9.53 Å². The maximum atomic E-state index is 12.9. The normalized spacial score (nSPS) is 19.4. The van der Waals surface area contributed by atoms with Gasteiger partial charge in [0.15, 0.2) is 0 Å². The van der Waals surface area contributed by atoms with E-state index in [-0.39, 0.29) is 11.8 Å². The molecule has 1 aromatic carbocycles. The Balaban J connectivity index is 1.45. The fraction of sp³-hybridized carbons (Fsp3) is 0.476. The van der Waals surface area contributed by atoms with Gasteiger partial charge >= 0.3 is 0 Å². The van der Waals surface area contributed by atoms with E-state index in [0.717, 1.165) is 61.7 Å². The van der Waals surface area contributed by atoms with Crippen LogP contribution in [0.25, 0.3) is 0 Å². The maximum Gasteiger partial charge on any atom is 0.227 e. The van der Waals surface area contributed by atoms with Crippen molar-refractivity contribution in [2.45, 2.75) is 38.1 Å². The molecule has 1 amide bonds. The van der Waals surface area contributed by atoms with Crippen molar-refractivity contribution in [3.63, 3.8) is 0 Å². The smallest absolute Gasteiger partial charge is 0.227 e. The van der Waals surface area contributed by atoms with Crippen LogP contribution >= 0.6 is 0 Å². The molecule has 6 nitrogen and oxygen atoms in total. The summed E-state index contributed by atoms with van der Waals surface area (Å²) in [4.78, 5) is 24.3. The summed E-state index contributed by atoms with van der Waals surface area (Å²) in [5.74, 6) is 2.03. The number of rotatable bonds is 4. The molecular weight excluding hydrogens is 340 g/mol. The molecule has 3 heterocycles. The van der Waals surface area contributed by atoms with Crippen molar-refractivity contribution in [1.29, 1.82) is 0 Å². The molecule has 6 heteroatoms. The lowest BCUT2D eigenvalue weighted by Gasteiger charge is -2.32. The number of fused-ring (bicyclic) bond motifs is 1. The standard InChI is InChI=1S/C21H26N4O2/c1-27-19-7-3-2-5-15(19)11-20(26)25-10-4-6-16(14-25)21-23-13-17-12-22-9-8-18(17)24-21/h2-3,5,7,13,16,22H,4,6,8-12,14H2,1H3/t16-/m1/s1. The van der Waals surface area contributed by atoms with E-state index < -0.39 is 0 Å². The fourth-order valence-electron chi connectivity index (χ4n) is 3.99. The largest absolute Gasteiger partial charge is 0.496 e. The molecule has 1 saturated heterocycles. The summed E-state index contributed by atoms with van der Waals surface area (Å²) in [5.41, 5.74) is 3.30. The number of carbonyl (C=O) groups is 1. The van der Waals surface area contributed by atoms with Crippen molar-refractivity contribution >= 4 is 5.91 Å². The van der Waals surface area contributed by atoms with Gasteiger partial charge in [0.25, 0.3) is 0 Å². The Bertz CT molecular complexity index is 824. The number of carbonyl (C=O) groups excluding carboxylic acids is 1. The minimum Gasteiger partial charge on any atom is -0.496 e. The monoisotopic (exact) mass is 366 g/mol. The van der Waals surface area contributed by atoms with Gasteiger partial charge in [-0.25, -0.2) is 9.97 Å². The third-order valence-corrected chi connectivity index (χ3v) is 5.50. The summed E-state index contributed by atoms with van der Waals surface area (Å²) >= 11 is 0. The van der Waals surface area contributed by atoms with Gasteiger partial charge in [0.05, 0.1) is 13.5 Å². The van der Waals surface area contributed by atoms with Gasteiger partial charge in [-0.3, -0.25) is 4.79 Å². The predicted molar refractivity (Wildman–Crippen MR) is 103 cm³/mol. The number of aromatic nitrogens is 2. The van der Waals surface area contributed by atoms with Gasteiger partial charge in [0, 0.05) is 61.5 Å². The Morgan fingerprint density at radius 3 is 3.15 bits per heavy atom. The number of hydrogen-bond donors (Lipinski definition) is 1. The lowest BCUT2D eigenvalue weighted by molar-refractivity contribution is -0.131. The molecule has 2 aromatic rings. The highest BCUT2D eigenvalue weighted by Crippen LogP contribution is 2.27. The molecule has 0 bridgehead atoms. The van der Waals surface area contributed by atoms with E-state index in [4.69, 9.17) is 9.72 Å². The molecule has 0 saturated carbocycles. The minimum atomic E-state index is 0.145. The lowest BCUT2D eigenvalue weighted by Crippen LogP contribution is -2.40.